The van der Waals surface area contributed by atoms with Crippen LogP contribution in [0.15, 0.2) is 29.6 Å². The highest BCUT2D eigenvalue weighted by molar-refractivity contribution is 7.09. The lowest BCUT2D eigenvalue weighted by Crippen LogP contribution is -2.33. The molecule has 1 aliphatic rings. The maximum Gasteiger partial charge on any atom is 0.242 e. The second kappa shape index (κ2) is 8.79. The summed E-state index contributed by atoms with van der Waals surface area (Å²) in [6.07, 6.45) is 1.02. The van der Waals surface area contributed by atoms with Gasteiger partial charge < -0.3 is 5.32 Å². The molecule has 0 spiro atoms. The lowest BCUT2D eigenvalue weighted by atomic mass is 10.00. The summed E-state index contributed by atoms with van der Waals surface area (Å²) >= 11 is 1.63. The van der Waals surface area contributed by atoms with Crippen LogP contribution < -0.4 is 5.32 Å². The summed E-state index contributed by atoms with van der Waals surface area (Å²) in [5, 5.41) is 17.9. The summed E-state index contributed by atoms with van der Waals surface area (Å²) < 4.78 is 1.58. The van der Waals surface area contributed by atoms with Crippen molar-refractivity contribution in [1.29, 1.82) is 0 Å². The van der Waals surface area contributed by atoms with Crippen molar-refractivity contribution >= 4 is 17.2 Å². The van der Waals surface area contributed by atoms with E-state index in [9.17, 15) is 4.79 Å². The summed E-state index contributed by atoms with van der Waals surface area (Å²) in [6.45, 7) is 7.20. The molecule has 1 aliphatic heterocycles. The van der Waals surface area contributed by atoms with Crippen LogP contribution in [-0.4, -0.2) is 42.5 Å². The molecule has 9 heteroatoms. The van der Waals surface area contributed by atoms with Gasteiger partial charge in [0.2, 0.25) is 5.91 Å². The molecule has 0 fully saturated rings. The molecule has 2 aromatic heterocycles. The second-order valence-electron chi connectivity index (χ2n) is 7.59. The minimum absolute atomic E-state index is 0.105. The van der Waals surface area contributed by atoms with Gasteiger partial charge in [0.1, 0.15) is 6.54 Å². The van der Waals surface area contributed by atoms with Gasteiger partial charge in [-0.1, -0.05) is 38.1 Å². The van der Waals surface area contributed by atoms with Crippen LogP contribution in [0.2, 0.25) is 0 Å². The van der Waals surface area contributed by atoms with Crippen molar-refractivity contribution < 1.29 is 4.79 Å². The van der Waals surface area contributed by atoms with Crippen LogP contribution in [-0.2, 0) is 37.4 Å². The number of benzene rings is 1. The number of nitrogens with one attached hydrogen (secondary N) is 1. The third-order valence-electron chi connectivity index (χ3n) is 5.00. The first-order valence-electron chi connectivity index (χ1n) is 9.83. The predicted octanol–water partition coefficient (Wildman–Crippen LogP) is 2.13. The van der Waals surface area contributed by atoms with Crippen molar-refractivity contribution in [3.63, 3.8) is 0 Å². The molecule has 1 aromatic carbocycles. The Hall–Kier alpha value is -2.65. The molecule has 152 valence electrons. The van der Waals surface area contributed by atoms with Crippen LogP contribution in [0.4, 0.5) is 0 Å². The van der Waals surface area contributed by atoms with Gasteiger partial charge in [0.25, 0.3) is 0 Å². The molecule has 0 radical (unpaired) electrons. The molecule has 1 amide bonds. The summed E-state index contributed by atoms with van der Waals surface area (Å²) in [6, 6.07) is 8.51. The van der Waals surface area contributed by atoms with E-state index in [1.807, 2.05) is 5.38 Å². The maximum atomic E-state index is 12.4. The van der Waals surface area contributed by atoms with Crippen molar-refractivity contribution in [2.75, 3.05) is 6.54 Å². The number of amides is 1. The Kier molecular flexibility index (Phi) is 5.96. The monoisotopic (exact) mass is 411 g/mol. The van der Waals surface area contributed by atoms with E-state index in [-0.39, 0.29) is 12.5 Å². The Bertz CT molecular complexity index is 981. The molecule has 0 unspecified atom stereocenters. The van der Waals surface area contributed by atoms with Crippen molar-refractivity contribution in [2.24, 2.45) is 0 Å². The molecule has 3 heterocycles. The number of nitrogens with zero attached hydrogens (tertiary/aromatic N) is 6. The van der Waals surface area contributed by atoms with Gasteiger partial charge in [-0.25, -0.2) is 9.67 Å². The first kappa shape index (κ1) is 19.7. The number of rotatable bonds is 7. The molecular formula is C20H25N7OS. The van der Waals surface area contributed by atoms with Gasteiger partial charge in [-0.15, -0.1) is 16.4 Å². The maximum absolute atomic E-state index is 12.4. The molecule has 8 nitrogen and oxygen atoms in total. The summed E-state index contributed by atoms with van der Waals surface area (Å²) in [7, 11) is 0. The van der Waals surface area contributed by atoms with E-state index in [0.717, 1.165) is 30.2 Å². The normalized spacial score (nSPS) is 14.2. The third kappa shape index (κ3) is 4.86. The van der Waals surface area contributed by atoms with Crippen LogP contribution >= 0.6 is 11.3 Å². The minimum atomic E-state index is -0.123. The molecule has 4 rings (SSSR count). The van der Waals surface area contributed by atoms with E-state index >= 15 is 0 Å². The molecular weight excluding hydrogens is 386 g/mol. The topological polar surface area (TPSA) is 88.8 Å². The number of hydrogen-bond acceptors (Lipinski definition) is 7. The van der Waals surface area contributed by atoms with Gasteiger partial charge in [0.05, 0.1) is 23.8 Å². The van der Waals surface area contributed by atoms with E-state index in [4.69, 9.17) is 0 Å². The van der Waals surface area contributed by atoms with Crippen LogP contribution in [0, 0.1) is 0 Å². The van der Waals surface area contributed by atoms with Crippen molar-refractivity contribution in [3.8, 4) is 0 Å². The number of tetrazole rings is 1. The van der Waals surface area contributed by atoms with Crippen LogP contribution in [0.5, 0.6) is 0 Å². The molecule has 29 heavy (non-hydrogen) atoms. The molecule has 0 bridgehead atoms. The zero-order valence-corrected chi connectivity index (χ0v) is 17.5. The highest BCUT2D eigenvalue weighted by Crippen LogP contribution is 2.20. The fraction of sp³-hybridized carbons (Fsp3) is 0.450. The second-order valence-corrected chi connectivity index (χ2v) is 8.48. The van der Waals surface area contributed by atoms with E-state index in [1.54, 1.807) is 16.0 Å². The predicted molar refractivity (Wildman–Crippen MR) is 110 cm³/mol. The Morgan fingerprint density at radius 2 is 2.10 bits per heavy atom. The van der Waals surface area contributed by atoms with E-state index < -0.39 is 0 Å². The highest BCUT2D eigenvalue weighted by Gasteiger charge is 2.19. The number of thiazole rings is 1. The number of carbonyl (C=O) groups is 1. The SMILES string of the molecule is CC(C)c1nc(CNC(=O)Cn2nnnc2CN2CCc3ccccc3C2)cs1. The van der Waals surface area contributed by atoms with Crippen molar-refractivity contribution in [1.82, 2.24) is 35.4 Å². The average Bonchev–Trinajstić information content (AvgIpc) is 3.36. The molecule has 0 atom stereocenters. The van der Waals surface area contributed by atoms with Gasteiger partial charge in [-0.05, 0) is 28.0 Å². The zero-order chi connectivity index (χ0) is 20.2. The van der Waals surface area contributed by atoms with E-state index in [1.165, 1.54) is 11.1 Å². The average molecular weight is 412 g/mol. The molecule has 0 aliphatic carbocycles. The number of carbonyl (C=O) groups excluding carboxylic acids is 1. The highest BCUT2D eigenvalue weighted by atomic mass is 32.1. The standard InChI is InChI=1S/C20H25N7OS/c1-14(2)20-22-17(13-29-20)9-21-19(28)12-27-18(23-24-25-27)11-26-8-7-15-5-3-4-6-16(15)10-26/h3-6,13-14H,7-12H2,1-2H3,(H,21,28). The molecule has 0 saturated carbocycles. The molecule has 0 saturated heterocycles. The van der Waals surface area contributed by atoms with Crippen LogP contribution in [0.25, 0.3) is 0 Å². The third-order valence-corrected chi connectivity index (χ3v) is 6.20. The lowest BCUT2D eigenvalue weighted by Gasteiger charge is -2.28. The molecule has 3 aromatic rings. The summed E-state index contributed by atoms with van der Waals surface area (Å²) in [5.41, 5.74) is 3.64. The summed E-state index contributed by atoms with van der Waals surface area (Å²) in [5.74, 6) is 0.979. The number of fused-ring (bicyclic) bond motifs is 1. The Morgan fingerprint density at radius 3 is 2.90 bits per heavy atom. The largest absolute Gasteiger partial charge is 0.349 e. The van der Waals surface area contributed by atoms with Crippen molar-refractivity contribution in [2.45, 2.75) is 52.4 Å². The van der Waals surface area contributed by atoms with Gasteiger partial charge in [-0.3, -0.25) is 9.69 Å². The zero-order valence-electron chi connectivity index (χ0n) is 16.7. The first-order valence-corrected chi connectivity index (χ1v) is 10.7. The van der Waals surface area contributed by atoms with Crippen LogP contribution in [0.3, 0.4) is 0 Å². The Labute approximate surface area is 174 Å². The lowest BCUT2D eigenvalue weighted by molar-refractivity contribution is -0.122. The fourth-order valence-corrected chi connectivity index (χ4v) is 4.23. The first-order chi connectivity index (χ1) is 14.1. The van der Waals surface area contributed by atoms with Crippen molar-refractivity contribution in [3.05, 3.63) is 57.3 Å². The smallest absolute Gasteiger partial charge is 0.242 e. The fourth-order valence-electron chi connectivity index (χ4n) is 3.40. The summed E-state index contributed by atoms with van der Waals surface area (Å²) in [4.78, 5) is 19.2. The Balaban J connectivity index is 1.31. The molecule has 1 N–H and O–H groups in total. The number of aromatic nitrogens is 5. The quantitative estimate of drug-likeness (QED) is 0.641. The van der Waals surface area contributed by atoms with Crippen LogP contribution in [0.1, 0.15) is 47.4 Å². The Morgan fingerprint density at radius 1 is 1.28 bits per heavy atom. The minimum Gasteiger partial charge on any atom is -0.349 e. The number of hydrogen-bond donors (Lipinski definition) is 1. The van der Waals surface area contributed by atoms with Gasteiger partial charge in [-0.2, -0.15) is 0 Å². The van der Waals surface area contributed by atoms with Gasteiger partial charge in [0, 0.05) is 24.4 Å². The van der Waals surface area contributed by atoms with Gasteiger partial charge >= 0.3 is 0 Å². The van der Waals surface area contributed by atoms with Gasteiger partial charge in [0.15, 0.2) is 5.82 Å². The van der Waals surface area contributed by atoms with E-state index in [2.05, 4.69) is 68.8 Å². The van der Waals surface area contributed by atoms with E-state index in [0.29, 0.717) is 24.8 Å².